The second-order valence-corrected chi connectivity index (χ2v) is 5.67. The zero-order chi connectivity index (χ0) is 13.5. The van der Waals surface area contributed by atoms with E-state index in [0.29, 0.717) is 17.0 Å². The van der Waals surface area contributed by atoms with E-state index in [9.17, 15) is 15.0 Å². The summed E-state index contributed by atoms with van der Waals surface area (Å²) in [7, 11) is 0. The second kappa shape index (κ2) is 4.44. The van der Waals surface area contributed by atoms with E-state index in [1.807, 2.05) is 13.8 Å². The summed E-state index contributed by atoms with van der Waals surface area (Å²) in [6, 6.07) is 6.48. The van der Waals surface area contributed by atoms with Crippen LogP contribution in [0.5, 0.6) is 0 Å². The van der Waals surface area contributed by atoms with Crippen molar-refractivity contribution in [3.63, 3.8) is 0 Å². The summed E-state index contributed by atoms with van der Waals surface area (Å²) in [5.41, 5.74) is 0.227. The average Bonchev–Trinajstić information content (AvgIpc) is 2.24. The van der Waals surface area contributed by atoms with Crippen LogP contribution in [0.15, 0.2) is 24.3 Å². The number of hydrogen-bond donors (Lipinski definition) is 2. The van der Waals surface area contributed by atoms with Gasteiger partial charge in [0, 0.05) is 10.6 Å². The number of hydrogen-bond acceptors (Lipinski definition) is 2. The van der Waals surface area contributed by atoms with Gasteiger partial charge in [0.05, 0.1) is 12.1 Å². The standard InChI is InChI=1S/C13H16ClNO3/c1-13(2)7-10(15(13)12(17)18)11(16)8-4-3-5-9(14)6-8/h3-6,10-11,16H,7H2,1-2H3,(H,17,18)/t10-,11?/m1/s1. The van der Waals surface area contributed by atoms with Crippen LogP contribution in [0.1, 0.15) is 31.9 Å². The van der Waals surface area contributed by atoms with Crippen molar-refractivity contribution < 1.29 is 15.0 Å². The smallest absolute Gasteiger partial charge is 0.408 e. The highest BCUT2D eigenvalue weighted by molar-refractivity contribution is 6.30. The predicted molar refractivity (Wildman–Crippen MR) is 68.8 cm³/mol. The average molecular weight is 270 g/mol. The van der Waals surface area contributed by atoms with Crippen molar-refractivity contribution in [2.45, 2.75) is 38.0 Å². The van der Waals surface area contributed by atoms with E-state index < -0.39 is 23.8 Å². The topological polar surface area (TPSA) is 60.8 Å². The molecule has 1 fully saturated rings. The number of benzene rings is 1. The molecule has 1 amide bonds. The van der Waals surface area contributed by atoms with E-state index in [0.717, 1.165) is 0 Å². The molecule has 0 radical (unpaired) electrons. The third kappa shape index (κ3) is 2.18. The lowest BCUT2D eigenvalue weighted by molar-refractivity contribution is -0.0852. The van der Waals surface area contributed by atoms with Crippen LogP contribution >= 0.6 is 11.6 Å². The fourth-order valence-electron chi connectivity index (χ4n) is 2.60. The van der Waals surface area contributed by atoms with Crippen LogP contribution in [-0.2, 0) is 0 Å². The number of aliphatic hydroxyl groups is 1. The molecule has 2 atom stereocenters. The maximum Gasteiger partial charge on any atom is 0.408 e. The zero-order valence-electron chi connectivity index (χ0n) is 10.3. The molecule has 18 heavy (non-hydrogen) atoms. The number of likely N-dealkylation sites (tertiary alicyclic amines) is 1. The lowest BCUT2D eigenvalue weighted by atomic mass is 9.78. The number of amides is 1. The summed E-state index contributed by atoms with van der Waals surface area (Å²) in [6.07, 6.45) is -1.21. The molecule has 0 aliphatic carbocycles. The molecule has 98 valence electrons. The molecule has 1 aromatic carbocycles. The Morgan fingerprint density at radius 3 is 2.72 bits per heavy atom. The Morgan fingerprint density at radius 2 is 2.22 bits per heavy atom. The molecule has 1 heterocycles. The quantitative estimate of drug-likeness (QED) is 0.868. The van der Waals surface area contributed by atoms with E-state index in [2.05, 4.69) is 0 Å². The highest BCUT2D eigenvalue weighted by Crippen LogP contribution is 2.42. The molecule has 1 aliphatic heterocycles. The summed E-state index contributed by atoms with van der Waals surface area (Å²) in [4.78, 5) is 12.5. The number of carboxylic acid groups (broad SMARTS) is 1. The highest BCUT2D eigenvalue weighted by Gasteiger charge is 2.51. The van der Waals surface area contributed by atoms with Crippen LogP contribution in [0.3, 0.4) is 0 Å². The third-order valence-corrected chi connectivity index (χ3v) is 3.69. The maximum absolute atomic E-state index is 11.2. The summed E-state index contributed by atoms with van der Waals surface area (Å²) in [5.74, 6) is 0. The Kier molecular flexibility index (Phi) is 3.25. The molecule has 0 bridgehead atoms. The van der Waals surface area contributed by atoms with Gasteiger partial charge in [-0.3, -0.25) is 4.90 Å². The molecular weight excluding hydrogens is 254 g/mol. The summed E-state index contributed by atoms with van der Waals surface area (Å²) in [5, 5.41) is 20.0. The summed E-state index contributed by atoms with van der Waals surface area (Å²) in [6.45, 7) is 3.70. The van der Waals surface area contributed by atoms with Gasteiger partial charge in [0.15, 0.2) is 0 Å². The number of rotatable bonds is 2. The molecule has 2 N–H and O–H groups in total. The van der Waals surface area contributed by atoms with Crippen LogP contribution in [0.4, 0.5) is 4.79 Å². The minimum Gasteiger partial charge on any atom is -0.465 e. The molecular formula is C13H16ClNO3. The van der Waals surface area contributed by atoms with Crippen molar-refractivity contribution in [3.8, 4) is 0 Å². The molecule has 0 saturated carbocycles. The molecule has 5 heteroatoms. The largest absolute Gasteiger partial charge is 0.465 e. The lowest BCUT2D eigenvalue weighted by Gasteiger charge is -2.54. The van der Waals surface area contributed by atoms with Gasteiger partial charge < -0.3 is 10.2 Å². The van der Waals surface area contributed by atoms with Crippen molar-refractivity contribution in [3.05, 3.63) is 34.9 Å². The van der Waals surface area contributed by atoms with Crippen LogP contribution in [0.25, 0.3) is 0 Å². The fraction of sp³-hybridized carbons (Fsp3) is 0.462. The first-order valence-corrected chi connectivity index (χ1v) is 6.16. The van der Waals surface area contributed by atoms with Gasteiger partial charge in [-0.25, -0.2) is 4.79 Å². The first-order chi connectivity index (χ1) is 8.33. The van der Waals surface area contributed by atoms with Crippen LogP contribution in [0, 0.1) is 0 Å². The summed E-state index contributed by atoms with van der Waals surface area (Å²) >= 11 is 5.87. The predicted octanol–water partition coefficient (Wildman–Crippen LogP) is 2.90. The minimum absolute atomic E-state index is 0.407. The van der Waals surface area contributed by atoms with Gasteiger partial charge in [-0.1, -0.05) is 23.7 Å². The molecule has 1 saturated heterocycles. The highest BCUT2D eigenvalue weighted by atomic mass is 35.5. The summed E-state index contributed by atoms with van der Waals surface area (Å²) < 4.78 is 0. The van der Waals surface area contributed by atoms with E-state index in [4.69, 9.17) is 11.6 Å². The zero-order valence-corrected chi connectivity index (χ0v) is 11.1. The Balaban J connectivity index is 2.20. The van der Waals surface area contributed by atoms with Gasteiger partial charge in [0.2, 0.25) is 0 Å². The first-order valence-electron chi connectivity index (χ1n) is 5.79. The van der Waals surface area contributed by atoms with Gasteiger partial charge in [-0.2, -0.15) is 0 Å². The van der Waals surface area contributed by atoms with E-state index in [1.54, 1.807) is 24.3 Å². The Morgan fingerprint density at radius 1 is 1.56 bits per heavy atom. The van der Waals surface area contributed by atoms with Gasteiger partial charge in [-0.15, -0.1) is 0 Å². The van der Waals surface area contributed by atoms with Crippen LogP contribution in [-0.4, -0.2) is 32.8 Å². The molecule has 0 spiro atoms. The van der Waals surface area contributed by atoms with Crippen LogP contribution in [0.2, 0.25) is 5.02 Å². The minimum atomic E-state index is -1.00. The molecule has 1 aromatic rings. The molecule has 1 aliphatic rings. The molecule has 2 rings (SSSR count). The van der Waals surface area contributed by atoms with E-state index >= 15 is 0 Å². The van der Waals surface area contributed by atoms with Crippen molar-refractivity contribution in [1.29, 1.82) is 0 Å². The monoisotopic (exact) mass is 269 g/mol. The maximum atomic E-state index is 11.2. The number of nitrogens with zero attached hydrogens (tertiary/aromatic N) is 1. The van der Waals surface area contributed by atoms with Gasteiger partial charge in [0.1, 0.15) is 0 Å². The normalized spacial score (nSPS) is 23.3. The van der Waals surface area contributed by atoms with Crippen molar-refractivity contribution >= 4 is 17.7 Å². The molecule has 0 aromatic heterocycles. The Labute approximate surface area is 111 Å². The Bertz CT molecular complexity index is 475. The van der Waals surface area contributed by atoms with E-state index in [1.165, 1.54) is 4.90 Å². The van der Waals surface area contributed by atoms with Crippen molar-refractivity contribution in [1.82, 2.24) is 4.90 Å². The van der Waals surface area contributed by atoms with Crippen molar-refractivity contribution in [2.75, 3.05) is 0 Å². The lowest BCUT2D eigenvalue weighted by Crippen LogP contribution is -2.66. The fourth-order valence-corrected chi connectivity index (χ4v) is 2.80. The Hall–Kier alpha value is -1.26. The third-order valence-electron chi connectivity index (χ3n) is 3.45. The van der Waals surface area contributed by atoms with E-state index in [-0.39, 0.29) is 0 Å². The SMILES string of the molecule is CC1(C)C[C@H](C(O)c2cccc(Cl)c2)N1C(=O)O. The number of carbonyl (C=O) groups is 1. The van der Waals surface area contributed by atoms with Crippen molar-refractivity contribution in [2.24, 2.45) is 0 Å². The van der Waals surface area contributed by atoms with Crippen LogP contribution < -0.4 is 0 Å². The number of halogens is 1. The van der Waals surface area contributed by atoms with Gasteiger partial charge in [-0.05, 0) is 38.0 Å². The van der Waals surface area contributed by atoms with Gasteiger partial charge in [0.25, 0.3) is 0 Å². The first kappa shape index (κ1) is 13.2. The number of aliphatic hydroxyl groups excluding tert-OH is 1. The second-order valence-electron chi connectivity index (χ2n) is 5.24. The van der Waals surface area contributed by atoms with Gasteiger partial charge >= 0.3 is 6.09 Å². The molecule has 1 unspecified atom stereocenters. The molecule has 4 nitrogen and oxygen atoms in total.